The molecule has 0 radical (unpaired) electrons. The number of nitrogens with zero attached hydrogens (tertiary/aromatic N) is 3. The molecule has 0 saturated carbocycles. The summed E-state index contributed by atoms with van der Waals surface area (Å²) in [6.45, 7) is 3.44. The Morgan fingerprint density at radius 3 is 3.07 bits per heavy atom. The van der Waals surface area contributed by atoms with E-state index in [0.29, 0.717) is 25.5 Å². The van der Waals surface area contributed by atoms with Gasteiger partial charge in [0.25, 0.3) is 0 Å². The monoisotopic (exact) mass is 392 g/mol. The van der Waals surface area contributed by atoms with Crippen LogP contribution in [0.1, 0.15) is 17.0 Å². The van der Waals surface area contributed by atoms with Crippen molar-refractivity contribution >= 4 is 11.8 Å². The Labute approximate surface area is 169 Å². The lowest BCUT2D eigenvalue weighted by molar-refractivity contribution is -0.143. The van der Waals surface area contributed by atoms with E-state index in [1.165, 1.54) is 0 Å². The van der Waals surface area contributed by atoms with Crippen molar-refractivity contribution in [1.29, 1.82) is 0 Å². The molecular weight excluding hydrogens is 368 g/mol. The molecule has 7 nitrogen and oxygen atoms in total. The quantitative estimate of drug-likeness (QED) is 0.785. The largest absolute Gasteiger partial charge is 0.360 e. The number of imidazole rings is 1. The summed E-state index contributed by atoms with van der Waals surface area (Å²) < 4.78 is 6.22. The molecule has 4 heterocycles. The highest BCUT2D eigenvalue weighted by Crippen LogP contribution is 2.52. The maximum absolute atomic E-state index is 13.3. The lowest BCUT2D eigenvalue weighted by Gasteiger charge is -2.27. The van der Waals surface area contributed by atoms with Crippen molar-refractivity contribution in [3.8, 4) is 0 Å². The Morgan fingerprint density at radius 1 is 1.45 bits per heavy atom. The maximum atomic E-state index is 13.3. The summed E-state index contributed by atoms with van der Waals surface area (Å²) in [5, 5.41) is 0. The molecule has 3 aliphatic rings. The van der Waals surface area contributed by atoms with Crippen molar-refractivity contribution in [2.24, 2.45) is 11.8 Å². The van der Waals surface area contributed by atoms with E-state index >= 15 is 0 Å². The molecule has 2 aromatic rings. The zero-order chi connectivity index (χ0) is 20.2. The molecule has 1 spiro atoms. The van der Waals surface area contributed by atoms with Gasteiger partial charge in [-0.1, -0.05) is 42.0 Å². The molecular formula is C22H24N4O3. The summed E-state index contributed by atoms with van der Waals surface area (Å²) in [4.78, 5) is 37.3. The van der Waals surface area contributed by atoms with E-state index < -0.39 is 17.4 Å². The molecule has 4 atom stereocenters. The van der Waals surface area contributed by atoms with Crippen LogP contribution in [0.3, 0.4) is 0 Å². The number of carbonyl (C=O) groups is 2. The van der Waals surface area contributed by atoms with Crippen LogP contribution >= 0.6 is 0 Å². The Hall–Kier alpha value is -2.93. The fourth-order valence-corrected chi connectivity index (χ4v) is 4.97. The van der Waals surface area contributed by atoms with Gasteiger partial charge in [0.2, 0.25) is 11.8 Å². The van der Waals surface area contributed by atoms with Crippen molar-refractivity contribution < 1.29 is 14.3 Å². The van der Waals surface area contributed by atoms with Crippen molar-refractivity contribution in [3.63, 3.8) is 0 Å². The van der Waals surface area contributed by atoms with Gasteiger partial charge in [-0.3, -0.25) is 9.59 Å². The first kappa shape index (κ1) is 18.1. The molecule has 2 amide bonds. The standard InChI is InChI=1S/C22H24N4O3/c1-14-4-3-5-15(10-14)11-26-13-22-7-6-16(29-22)18(19(22)21(26)28)20(27)25(2)12-17-23-8-9-24-17/h3-10,16,18-19H,11-13H2,1-2H3,(H,23,24)/t16-,18?,19?,22-/m1/s1. The second kappa shape index (κ2) is 6.56. The molecule has 0 aliphatic carbocycles. The van der Waals surface area contributed by atoms with Gasteiger partial charge in [0.05, 0.1) is 31.0 Å². The number of carbonyl (C=O) groups excluding carboxylic acids is 2. The molecule has 2 saturated heterocycles. The normalized spacial score (nSPS) is 29.5. The van der Waals surface area contributed by atoms with E-state index in [9.17, 15) is 9.59 Å². The third-order valence-corrected chi connectivity index (χ3v) is 6.24. The number of likely N-dealkylation sites (tertiary alicyclic amines) is 1. The highest BCUT2D eigenvalue weighted by atomic mass is 16.5. The van der Waals surface area contributed by atoms with E-state index in [2.05, 4.69) is 16.0 Å². The average Bonchev–Trinajstić information content (AvgIpc) is 3.45. The van der Waals surface area contributed by atoms with Gasteiger partial charge in [0, 0.05) is 26.0 Å². The average molecular weight is 392 g/mol. The van der Waals surface area contributed by atoms with Gasteiger partial charge in [-0.2, -0.15) is 0 Å². The van der Waals surface area contributed by atoms with E-state index in [1.807, 2.05) is 42.2 Å². The number of rotatable bonds is 5. The Morgan fingerprint density at radius 2 is 2.31 bits per heavy atom. The van der Waals surface area contributed by atoms with Crippen LogP contribution in [0.5, 0.6) is 0 Å². The molecule has 29 heavy (non-hydrogen) atoms. The van der Waals surface area contributed by atoms with Crippen LogP contribution in [0.15, 0.2) is 48.8 Å². The first-order valence-electron chi connectivity index (χ1n) is 9.92. The van der Waals surface area contributed by atoms with Crippen LogP contribution in [-0.4, -0.2) is 56.9 Å². The SMILES string of the molecule is Cc1cccc(CN2C[C@@]34C=C[C@@H](O3)C(C(=O)N(C)Cc3ncc[nH]3)C4C2=O)c1. The number of benzene rings is 1. The zero-order valence-corrected chi connectivity index (χ0v) is 16.5. The van der Waals surface area contributed by atoms with Crippen molar-refractivity contribution in [3.05, 3.63) is 65.8 Å². The fourth-order valence-electron chi connectivity index (χ4n) is 4.97. The number of H-pyrrole nitrogens is 1. The van der Waals surface area contributed by atoms with Gasteiger partial charge in [0.1, 0.15) is 11.4 Å². The van der Waals surface area contributed by atoms with E-state index in [1.54, 1.807) is 24.3 Å². The van der Waals surface area contributed by atoms with Crippen molar-refractivity contribution in [2.45, 2.75) is 31.7 Å². The highest BCUT2D eigenvalue weighted by molar-refractivity contribution is 5.93. The van der Waals surface area contributed by atoms with Gasteiger partial charge in [-0.25, -0.2) is 4.98 Å². The second-order valence-electron chi connectivity index (χ2n) is 8.31. The summed E-state index contributed by atoms with van der Waals surface area (Å²) >= 11 is 0. The predicted octanol–water partition coefficient (Wildman–Crippen LogP) is 1.66. The minimum absolute atomic E-state index is 0.00287. The number of nitrogens with one attached hydrogen (secondary N) is 1. The van der Waals surface area contributed by atoms with Crippen molar-refractivity contribution in [2.75, 3.05) is 13.6 Å². The molecule has 7 heteroatoms. The highest BCUT2D eigenvalue weighted by Gasteiger charge is 2.67. The Balaban J connectivity index is 1.37. The molecule has 150 valence electrons. The van der Waals surface area contributed by atoms with Crippen LogP contribution in [-0.2, 0) is 27.4 Å². The van der Waals surface area contributed by atoms with Crippen LogP contribution in [0, 0.1) is 18.8 Å². The van der Waals surface area contributed by atoms with Crippen LogP contribution < -0.4 is 0 Å². The summed E-state index contributed by atoms with van der Waals surface area (Å²) in [6, 6.07) is 8.16. The van der Waals surface area contributed by atoms with Crippen LogP contribution in [0.2, 0.25) is 0 Å². The number of aromatic amines is 1. The first-order chi connectivity index (χ1) is 14.0. The lowest BCUT2D eigenvalue weighted by Crippen LogP contribution is -2.44. The van der Waals surface area contributed by atoms with Crippen LogP contribution in [0.4, 0.5) is 0 Å². The first-order valence-corrected chi connectivity index (χ1v) is 9.92. The summed E-state index contributed by atoms with van der Waals surface area (Å²) in [6.07, 6.45) is 7.00. The molecule has 1 aromatic carbocycles. The van der Waals surface area contributed by atoms with E-state index in [0.717, 1.165) is 11.1 Å². The van der Waals surface area contributed by atoms with E-state index in [4.69, 9.17) is 4.74 Å². The van der Waals surface area contributed by atoms with Gasteiger partial charge >= 0.3 is 0 Å². The number of hydrogen-bond donors (Lipinski definition) is 1. The van der Waals surface area contributed by atoms with Crippen LogP contribution in [0.25, 0.3) is 0 Å². The predicted molar refractivity (Wildman–Crippen MR) is 105 cm³/mol. The van der Waals surface area contributed by atoms with E-state index in [-0.39, 0.29) is 17.9 Å². The van der Waals surface area contributed by atoms with Gasteiger partial charge in [-0.05, 0) is 12.5 Å². The summed E-state index contributed by atoms with van der Waals surface area (Å²) in [5.74, 6) is -0.311. The topological polar surface area (TPSA) is 78.5 Å². The summed E-state index contributed by atoms with van der Waals surface area (Å²) in [7, 11) is 1.75. The third kappa shape index (κ3) is 2.88. The fraction of sp³-hybridized carbons (Fsp3) is 0.409. The molecule has 1 N–H and O–H groups in total. The smallest absolute Gasteiger partial charge is 0.230 e. The number of aryl methyl sites for hydroxylation is 1. The molecule has 5 rings (SSSR count). The Kier molecular flexibility index (Phi) is 4.10. The number of amides is 2. The zero-order valence-electron chi connectivity index (χ0n) is 16.5. The molecule has 2 unspecified atom stereocenters. The molecule has 1 aromatic heterocycles. The van der Waals surface area contributed by atoms with Crippen molar-refractivity contribution in [1.82, 2.24) is 19.8 Å². The van der Waals surface area contributed by atoms with Gasteiger partial charge in [0.15, 0.2) is 0 Å². The number of fused-ring (bicyclic) bond motifs is 1. The van der Waals surface area contributed by atoms with Gasteiger partial charge in [-0.15, -0.1) is 0 Å². The third-order valence-electron chi connectivity index (χ3n) is 6.24. The van der Waals surface area contributed by atoms with Gasteiger partial charge < -0.3 is 19.5 Å². The number of hydrogen-bond acceptors (Lipinski definition) is 4. The number of ether oxygens (including phenoxy) is 1. The minimum Gasteiger partial charge on any atom is -0.360 e. The molecule has 3 aliphatic heterocycles. The minimum atomic E-state index is -0.683. The number of aromatic nitrogens is 2. The molecule has 2 bridgehead atoms. The maximum Gasteiger partial charge on any atom is 0.230 e. The Bertz CT molecular complexity index is 986. The lowest BCUT2D eigenvalue weighted by atomic mass is 9.76. The summed E-state index contributed by atoms with van der Waals surface area (Å²) in [5.41, 5.74) is 1.57. The molecule has 2 fully saturated rings. The second-order valence-corrected chi connectivity index (χ2v) is 8.31.